The third kappa shape index (κ3) is 1.06. The summed E-state index contributed by atoms with van der Waals surface area (Å²) < 4.78 is 5.16. The normalized spacial score (nSPS) is 45.1. The van der Waals surface area contributed by atoms with Crippen molar-refractivity contribution in [1.29, 1.82) is 0 Å². The number of nitrogens with zero attached hydrogens (tertiary/aromatic N) is 1. The van der Waals surface area contributed by atoms with E-state index in [2.05, 4.69) is 5.16 Å². The lowest BCUT2D eigenvalue weighted by molar-refractivity contribution is -0.925. The summed E-state index contributed by atoms with van der Waals surface area (Å²) in [6, 6.07) is 0. The Morgan fingerprint density at radius 3 is 2.79 bits per heavy atom. The van der Waals surface area contributed by atoms with Gasteiger partial charge in [0.2, 0.25) is 5.90 Å². The predicted molar refractivity (Wildman–Crippen MR) is 51.2 cm³/mol. The van der Waals surface area contributed by atoms with Gasteiger partial charge >= 0.3 is 0 Å². The minimum absolute atomic E-state index is 0.00280. The molecule has 0 aromatic heterocycles. The van der Waals surface area contributed by atoms with Gasteiger partial charge in [-0.1, -0.05) is 5.16 Å². The van der Waals surface area contributed by atoms with Crippen molar-refractivity contribution in [3.63, 3.8) is 0 Å². The zero-order chi connectivity index (χ0) is 9.60. The van der Waals surface area contributed by atoms with Crippen molar-refractivity contribution in [1.82, 2.24) is 0 Å². The monoisotopic (exact) mass is 197 g/mol. The lowest BCUT2D eigenvalue weighted by Crippen LogP contribution is -3.17. The summed E-state index contributed by atoms with van der Waals surface area (Å²) in [7, 11) is 1.68. The van der Waals surface area contributed by atoms with E-state index in [0.717, 1.165) is 18.9 Å². The molecule has 0 aliphatic carbocycles. The molecule has 0 aromatic rings. The molecule has 0 aromatic carbocycles. The van der Waals surface area contributed by atoms with Crippen LogP contribution in [0.2, 0.25) is 0 Å². The van der Waals surface area contributed by atoms with Crippen LogP contribution in [0.3, 0.4) is 0 Å². The fourth-order valence-corrected chi connectivity index (χ4v) is 3.18. The van der Waals surface area contributed by atoms with Crippen molar-refractivity contribution in [3.8, 4) is 0 Å². The van der Waals surface area contributed by atoms with Gasteiger partial charge in [0.25, 0.3) is 0 Å². The molecule has 2 bridgehead atoms. The van der Waals surface area contributed by atoms with E-state index in [-0.39, 0.29) is 5.60 Å². The summed E-state index contributed by atoms with van der Waals surface area (Å²) in [6.45, 7) is 3.75. The van der Waals surface area contributed by atoms with Crippen molar-refractivity contribution < 1.29 is 14.5 Å². The third-order valence-corrected chi connectivity index (χ3v) is 4.00. The van der Waals surface area contributed by atoms with Crippen LogP contribution in [0, 0.1) is 5.92 Å². The first-order valence-corrected chi connectivity index (χ1v) is 5.45. The largest absolute Gasteiger partial charge is 0.482 e. The molecule has 1 N–H and O–H groups in total. The fraction of sp³-hybridized carbons (Fsp3) is 0.900. The van der Waals surface area contributed by atoms with Gasteiger partial charge in [-0.25, -0.2) is 0 Å². The highest BCUT2D eigenvalue weighted by Crippen LogP contribution is 2.38. The lowest BCUT2D eigenvalue weighted by Gasteiger charge is -2.46. The standard InChI is InChI=1S/C10H16N2O2/c1-13-9-6-10(14-11-9)7-12-4-2-8(10)3-5-12/h8H,2-7H2,1H3/p+1. The molecule has 1 spiro atoms. The smallest absolute Gasteiger partial charge is 0.229 e. The van der Waals surface area contributed by atoms with E-state index in [4.69, 9.17) is 9.57 Å². The van der Waals surface area contributed by atoms with Gasteiger partial charge in [0, 0.05) is 18.8 Å². The molecule has 1 atom stereocenters. The van der Waals surface area contributed by atoms with Gasteiger partial charge in [0.1, 0.15) is 6.54 Å². The molecule has 1 unspecified atom stereocenters. The van der Waals surface area contributed by atoms with Gasteiger partial charge < -0.3 is 14.5 Å². The molecule has 0 amide bonds. The number of fused-ring (bicyclic) bond motifs is 2. The van der Waals surface area contributed by atoms with E-state index in [1.54, 1.807) is 12.0 Å². The average Bonchev–Trinajstić information content (AvgIpc) is 2.63. The Morgan fingerprint density at radius 1 is 1.50 bits per heavy atom. The van der Waals surface area contributed by atoms with E-state index in [1.807, 2.05) is 0 Å². The average molecular weight is 197 g/mol. The summed E-state index contributed by atoms with van der Waals surface area (Å²) in [5, 5.41) is 4.03. The number of piperidine rings is 3. The second kappa shape index (κ2) is 2.86. The zero-order valence-corrected chi connectivity index (χ0v) is 8.58. The highest BCUT2D eigenvalue weighted by Gasteiger charge is 2.55. The Bertz CT molecular complexity index is 271. The number of rotatable bonds is 0. The van der Waals surface area contributed by atoms with Crippen molar-refractivity contribution in [2.45, 2.75) is 24.9 Å². The second-order valence-corrected chi connectivity index (χ2v) is 4.72. The van der Waals surface area contributed by atoms with Crippen LogP contribution in [0.5, 0.6) is 0 Å². The van der Waals surface area contributed by atoms with Crippen LogP contribution in [0.1, 0.15) is 19.3 Å². The minimum Gasteiger partial charge on any atom is -0.482 e. The predicted octanol–water partition coefficient (Wildman–Crippen LogP) is -0.586. The van der Waals surface area contributed by atoms with Crippen LogP contribution in [-0.4, -0.2) is 38.2 Å². The molecule has 4 heteroatoms. The van der Waals surface area contributed by atoms with Crippen LogP contribution < -0.4 is 4.90 Å². The number of methoxy groups -OCH3 is 1. The quantitative estimate of drug-likeness (QED) is 0.563. The van der Waals surface area contributed by atoms with E-state index in [1.165, 1.54) is 25.9 Å². The first-order chi connectivity index (χ1) is 6.82. The van der Waals surface area contributed by atoms with Gasteiger partial charge in [-0.05, 0) is 0 Å². The molecule has 4 aliphatic heterocycles. The Balaban J connectivity index is 1.80. The molecule has 3 fully saturated rings. The molecular formula is C10H17N2O2+. The summed E-state index contributed by atoms with van der Waals surface area (Å²) in [4.78, 5) is 7.34. The van der Waals surface area contributed by atoms with Crippen molar-refractivity contribution in [3.05, 3.63) is 0 Å². The Morgan fingerprint density at radius 2 is 2.29 bits per heavy atom. The van der Waals surface area contributed by atoms with Gasteiger partial charge in [0.05, 0.1) is 26.6 Å². The fourth-order valence-electron chi connectivity index (χ4n) is 3.18. The molecule has 4 nitrogen and oxygen atoms in total. The number of hydrogen-bond donors (Lipinski definition) is 1. The maximum atomic E-state index is 5.66. The van der Waals surface area contributed by atoms with E-state index < -0.39 is 0 Å². The number of hydrogen-bond acceptors (Lipinski definition) is 3. The van der Waals surface area contributed by atoms with Gasteiger partial charge in [-0.2, -0.15) is 0 Å². The van der Waals surface area contributed by atoms with Crippen molar-refractivity contribution in [2.75, 3.05) is 26.7 Å². The highest BCUT2D eigenvalue weighted by atomic mass is 16.7. The van der Waals surface area contributed by atoms with E-state index >= 15 is 0 Å². The van der Waals surface area contributed by atoms with Gasteiger partial charge in [-0.15, -0.1) is 0 Å². The number of quaternary nitrogens is 1. The Hall–Kier alpha value is -0.770. The molecule has 4 heterocycles. The topological polar surface area (TPSA) is 35.3 Å². The van der Waals surface area contributed by atoms with Gasteiger partial charge in [-0.3, -0.25) is 0 Å². The van der Waals surface area contributed by atoms with Gasteiger partial charge in [0.15, 0.2) is 5.60 Å². The zero-order valence-electron chi connectivity index (χ0n) is 8.58. The molecule has 4 rings (SSSR count). The SMILES string of the molecule is COC1=NOC2(C1)C[NH+]1CCC2CC1. The van der Waals surface area contributed by atoms with Crippen LogP contribution in [0.25, 0.3) is 0 Å². The molecule has 4 aliphatic rings. The maximum absolute atomic E-state index is 5.66. The number of oxime groups is 1. The van der Waals surface area contributed by atoms with Crippen LogP contribution in [-0.2, 0) is 9.57 Å². The molecule has 14 heavy (non-hydrogen) atoms. The summed E-state index contributed by atoms with van der Waals surface area (Å²) in [6.07, 6.45) is 3.47. The first-order valence-electron chi connectivity index (χ1n) is 5.45. The van der Waals surface area contributed by atoms with Crippen LogP contribution >= 0.6 is 0 Å². The Kier molecular flexibility index (Phi) is 1.74. The molecule has 0 saturated carbocycles. The van der Waals surface area contributed by atoms with E-state index in [0.29, 0.717) is 5.92 Å². The molecular weight excluding hydrogens is 180 g/mol. The van der Waals surface area contributed by atoms with E-state index in [9.17, 15) is 0 Å². The minimum atomic E-state index is -0.00280. The Labute approximate surface area is 83.8 Å². The van der Waals surface area contributed by atoms with Crippen molar-refractivity contribution >= 4 is 5.90 Å². The summed E-state index contributed by atoms with van der Waals surface area (Å²) in [5.41, 5.74) is -0.00280. The van der Waals surface area contributed by atoms with Crippen LogP contribution in [0.4, 0.5) is 0 Å². The maximum Gasteiger partial charge on any atom is 0.229 e. The molecule has 78 valence electrons. The summed E-state index contributed by atoms with van der Waals surface area (Å²) >= 11 is 0. The highest BCUT2D eigenvalue weighted by molar-refractivity contribution is 5.78. The number of ether oxygens (including phenoxy) is 1. The third-order valence-electron chi connectivity index (χ3n) is 4.00. The lowest BCUT2D eigenvalue weighted by atomic mass is 9.74. The van der Waals surface area contributed by atoms with Crippen LogP contribution in [0.15, 0.2) is 5.16 Å². The molecule has 3 saturated heterocycles. The summed E-state index contributed by atoms with van der Waals surface area (Å²) in [5.74, 6) is 1.48. The number of nitrogens with one attached hydrogen (secondary N) is 1. The first kappa shape index (κ1) is 8.53. The van der Waals surface area contributed by atoms with Crippen molar-refractivity contribution in [2.24, 2.45) is 11.1 Å². The second-order valence-electron chi connectivity index (χ2n) is 4.72. The molecule has 0 radical (unpaired) electrons.